The Morgan fingerprint density at radius 3 is 2.53 bits per heavy atom. The maximum absolute atomic E-state index is 13.0. The van der Waals surface area contributed by atoms with Crippen LogP contribution in [0.15, 0.2) is 42.6 Å². The van der Waals surface area contributed by atoms with E-state index in [1.54, 1.807) is 14.2 Å². The molecule has 2 aliphatic heterocycles. The second kappa shape index (κ2) is 9.34. The SMILES string of the molecule is COc1ccc(C2CCCN2CC(=O)N2CCN(c3ccccn3)CC2)cc1OC. The van der Waals surface area contributed by atoms with Gasteiger partial charge in [-0.15, -0.1) is 0 Å². The molecule has 3 heterocycles. The lowest BCUT2D eigenvalue weighted by molar-refractivity contribution is -0.133. The molecule has 0 N–H and O–H groups in total. The van der Waals surface area contributed by atoms with Gasteiger partial charge in [0, 0.05) is 38.4 Å². The van der Waals surface area contributed by atoms with Crippen LogP contribution in [0.3, 0.4) is 0 Å². The number of piperazine rings is 1. The number of rotatable bonds is 6. The molecule has 0 aliphatic carbocycles. The van der Waals surface area contributed by atoms with Gasteiger partial charge < -0.3 is 19.3 Å². The minimum absolute atomic E-state index is 0.211. The lowest BCUT2D eigenvalue weighted by atomic mass is 10.0. The molecule has 30 heavy (non-hydrogen) atoms. The molecule has 4 rings (SSSR count). The zero-order valence-corrected chi connectivity index (χ0v) is 17.8. The summed E-state index contributed by atoms with van der Waals surface area (Å²) >= 11 is 0. The minimum atomic E-state index is 0.211. The van der Waals surface area contributed by atoms with Gasteiger partial charge in [0.15, 0.2) is 11.5 Å². The number of benzene rings is 1. The first-order valence-corrected chi connectivity index (χ1v) is 10.6. The second-order valence-corrected chi connectivity index (χ2v) is 7.80. The predicted molar refractivity (Wildman–Crippen MR) is 116 cm³/mol. The van der Waals surface area contributed by atoms with Crippen molar-refractivity contribution in [3.63, 3.8) is 0 Å². The number of hydrogen-bond donors (Lipinski definition) is 0. The summed E-state index contributed by atoms with van der Waals surface area (Å²) in [5.74, 6) is 2.66. The quantitative estimate of drug-likeness (QED) is 0.730. The Hall–Kier alpha value is -2.80. The van der Waals surface area contributed by atoms with E-state index in [0.29, 0.717) is 6.54 Å². The highest BCUT2D eigenvalue weighted by atomic mass is 16.5. The van der Waals surface area contributed by atoms with Gasteiger partial charge in [0.2, 0.25) is 5.91 Å². The van der Waals surface area contributed by atoms with Crippen molar-refractivity contribution in [2.45, 2.75) is 18.9 Å². The van der Waals surface area contributed by atoms with E-state index in [0.717, 1.165) is 62.9 Å². The topological polar surface area (TPSA) is 58.1 Å². The van der Waals surface area contributed by atoms with Crippen molar-refractivity contribution in [3.05, 3.63) is 48.2 Å². The van der Waals surface area contributed by atoms with Crippen LogP contribution in [0.1, 0.15) is 24.4 Å². The number of nitrogens with zero attached hydrogens (tertiary/aromatic N) is 4. The molecular weight excluding hydrogens is 380 g/mol. The summed E-state index contributed by atoms with van der Waals surface area (Å²) in [6.45, 7) is 4.53. The number of aromatic nitrogens is 1. The van der Waals surface area contributed by atoms with Crippen LogP contribution in [-0.4, -0.2) is 74.2 Å². The van der Waals surface area contributed by atoms with Crippen LogP contribution < -0.4 is 14.4 Å². The molecule has 2 fully saturated rings. The number of amides is 1. The van der Waals surface area contributed by atoms with Crippen molar-refractivity contribution in [1.82, 2.24) is 14.8 Å². The number of anilines is 1. The summed E-state index contributed by atoms with van der Waals surface area (Å²) in [5, 5.41) is 0. The van der Waals surface area contributed by atoms with Crippen molar-refractivity contribution in [3.8, 4) is 11.5 Å². The van der Waals surface area contributed by atoms with Gasteiger partial charge >= 0.3 is 0 Å². The van der Waals surface area contributed by atoms with Crippen molar-refractivity contribution in [1.29, 1.82) is 0 Å². The van der Waals surface area contributed by atoms with Crippen LogP contribution in [0.25, 0.3) is 0 Å². The summed E-state index contributed by atoms with van der Waals surface area (Å²) in [5.41, 5.74) is 1.18. The minimum Gasteiger partial charge on any atom is -0.493 e. The summed E-state index contributed by atoms with van der Waals surface area (Å²) in [7, 11) is 3.30. The van der Waals surface area contributed by atoms with Gasteiger partial charge in [0.1, 0.15) is 5.82 Å². The Labute approximate surface area is 178 Å². The summed E-state index contributed by atoms with van der Waals surface area (Å²) in [6, 6.07) is 12.3. The summed E-state index contributed by atoms with van der Waals surface area (Å²) in [4.78, 5) is 24.0. The maximum Gasteiger partial charge on any atom is 0.236 e. The largest absolute Gasteiger partial charge is 0.493 e. The molecule has 1 unspecified atom stereocenters. The Morgan fingerprint density at radius 2 is 1.83 bits per heavy atom. The molecule has 1 atom stereocenters. The number of pyridine rings is 1. The Bertz CT molecular complexity index is 853. The third kappa shape index (κ3) is 4.36. The van der Waals surface area contributed by atoms with Gasteiger partial charge in [-0.2, -0.15) is 0 Å². The third-order valence-corrected chi connectivity index (χ3v) is 6.10. The van der Waals surface area contributed by atoms with E-state index in [2.05, 4.69) is 20.9 Å². The van der Waals surface area contributed by atoms with Gasteiger partial charge in [-0.25, -0.2) is 4.98 Å². The van der Waals surface area contributed by atoms with Crippen LogP contribution in [0.4, 0.5) is 5.82 Å². The Morgan fingerprint density at radius 1 is 1.03 bits per heavy atom. The summed E-state index contributed by atoms with van der Waals surface area (Å²) in [6.07, 6.45) is 3.96. The number of carbonyl (C=O) groups excluding carboxylic acids is 1. The van der Waals surface area contributed by atoms with Gasteiger partial charge in [0.05, 0.1) is 20.8 Å². The maximum atomic E-state index is 13.0. The normalized spacial score (nSPS) is 19.7. The van der Waals surface area contributed by atoms with E-state index >= 15 is 0 Å². The second-order valence-electron chi connectivity index (χ2n) is 7.80. The molecule has 7 nitrogen and oxygen atoms in total. The van der Waals surface area contributed by atoms with Crippen LogP contribution >= 0.6 is 0 Å². The number of methoxy groups -OCH3 is 2. The first-order valence-electron chi connectivity index (χ1n) is 10.6. The fraction of sp³-hybridized carbons (Fsp3) is 0.478. The predicted octanol–water partition coefficient (Wildman–Crippen LogP) is 2.58. The molecule has 1 aromatic heterocycles. The van der Waals surface area contributed by atoms with Crippen molar-refractivity contribution < 1.29 is 14.3 Å². The summed E-state index contributed by atoms with van der Waals surface area (Å²) < 4.78 is 10.8. The van der Waals surface area contributed by atoms with Crippen molar-refractivity contribution in [2.24, 2.45) is 0 Å². The van der Waals surface area contributed by atoms with Gasteiger partial charge in [-0.3, -0.25) is 9.69 Å². The van der Waals surface area contributed by atoms with E-state index in [1.807, 2.05) is 41.4 Å². The van der Waals surface area contributed by atoms with E-state index < -0.39 is 0 Å². The molecule has 0 saturated carbocycles. The molecule has 2 saturated heterocycles. The fourth-order valence-electron chi connectivity index (χ4n) is 4.45. The fourth-order valence-corrected chi connectivity index (χ4v) is 4.45. The number of likely N-dealkylation sites (tertiary alicyclic amines) is 1. The highest BCUT2D eigenvalue weighted by molar-refractivity contribution is 5.78. The van der Waals surface area contributed by atoms with Crippen molar-refractivity contribution >= 4 is 11.7 Å². The zero-order chi connectivity index (χ0) is 20.9. The van der Waals surface area contributed by atoms with Crippen LogP contribution in [-0.2, 0) is 4.79 Å². The molecule has 0 radical (unpaired) electrons. The van der Waals surface area contributed by atoms with E-state index in [4.69, 9.17) is 9.47 Å². The molecule has 2 aromatic rings. The van der Waals surface area contributed by atoms with E-state index in [1.165, 1.54) is 5.56 Å². The van der Waals surface area contributed by atoms with Crippen molar-refractivity contribution in [2.75, 3.05) is 58.4 Å². The first kappa shape index (κ1) is 20.5. The highest BCUT2D eigenvalue weighted by Crippen LogP contribution is 2.36. The lowest BCUT2D eigenvalue weighted by Gasteiger charge is -2.36. The average molecular weight is 411 g/mol. The van der Waals surface area contributed by atoms with Crippen LogP contribution in [0.2, 0.25) is 0 Å². The molecule has 1 amide bonds. The molecule has 2 aliphatic rings. The number of carbonyl (C=O) groups is 1. The van der Waals surface area contributed by atoms with E-state index in [9.17, 15) is 4.79 Å². The van der Waals surface area contributed by atoms with Gasteiger partial charge in [-0.1, -0.05) is 12.1 Å². The average Bonchev–Trinajstić information content (AvgIpc) is 3.27. The Kier molecular flexibility index (Phi) is 6.38. The molecule has 0 spiro atoms. The lowest BCUT2D eigenvalue weighted by Crippen LogP contribution is -2.51. The molecule has 160 valence electrons. The molecule has 1 aromatic carbocycles. The van der Waals surface area contributed by atoms with Crippen LogP contribution in [0, 0.1) is 0 Å². The molecular formula is C23H30N4O3. The van der Waals surface area contributed by atoms with E-state index in [-0.39, 0.29) is 11.9 Å². The standard InChI is InChI=1S/C23H30N4O3/c1-29-20-9-8-18(16-21(20)30-2)19-6-5-11-27(19)17-23(28)26-14-12-25(13-15-26)22-7-3-4-10-24-22/h3-4,7-10,16,19H,5-6,11-15,17H2,1-2H3. The molecule has 0 bridgehead atoms. The first-order chi connectivity index (χ1) is 14.7. The highest BCUT2D eigenvalue weighted by Gasteiger charge is 2.30. The zero-order valence-electron chi connectivity index (χ0n) is 17.8. The van der Waals surface area contributed by atoms with Gasteiger partial charge in [-0.05, 0) is 49.2 Å². The smallest absolute Gasteiger partial charge is 0.236 e. The number of ether oxygens (including phenoxy) is 2. The van der Waals surface area contributed by atoms with Gasteiger partial charge in [0.25, 0.3) is 0 Å². The van der Waals surface area contributed by atoms with Crippen LogP contribution in [0.5, 0.6) is 11.5 Å². The third-order valence-electron chi connectivity index (χ3n) is 6.10. The molecule has 7 heteroatoms. The Balaban J connectivity index is 1.36. The monoisotopic (exact) mass is 410 g/mol. The number of hydrogen-bond acceptors (Lipinski definition) is 6.